The van der Waals surface area contributed by atoms with Gasteiger partial charge in [-0.05, 0) is 64.0 Å². The lowest BCUT2D eigenvalue weighted by Crippen LogP contribution is -2.39. The van der Waals surface area contributed by atoms with Crippen LogP contribution in [0.25, 0.3) is 0 Å². The number of hydrogen-bond acceptors (Lipinski definition) is 5. The second kappa shape index (κ2) is 9.42. The third-order valence-electron chi connectivity index (χ3n) is 5.66. The number of benzene rings is 1. The highest BCUT2D eigenvalue weighted by Gasteiger charge is 2.25. The van der Waals surface area contributed by atoms with Gasteiger partial charge in [0, 0.05) is 31.7 Å². The van der Waals surface area contributed by atoms with Crippen molar-refractivity contribution in [2.45, 2.75) is 19.3 Å². The molecular formula is C21H33N3O3. The lowest BCUT2D eigenvalue weighted by Gasteiger charge is -2.33. The summed E-state index contributed by atoms with van der Waals surface area (Å²) in [6.07, 6.45) is 3.43. The van der Waals surface area contributed by atoms with E-state index in [-0.39, 0.29) is 5.91 Å². The Hall–Kier alpha value is -1.79. The van der Waals surface area contributed by atoms with E-state index in [4.69, 9.17) is 9.47 Å². The molecule has 1 amide bonds. The molecule has 0 saturated carbocycles. The van der Waals surface area contributed by atoms with Crippen molar-refractivity contribution in [1.29, 1.82) is 0 Å². The Morgan fingerprint density at radius 2 is 1.89 bits per heavy atom. The molecule has 0 aromatic heterocycles. The van der Waals surface area contributed by atoms with E-state index in [0.717, 1.165) is 68.5 Å². The summed E-state index contributed by atoms with van der Waals surface area (Å²) >= 11 is 0. The van der Waals surface area contributed by atoms with E-state index >= 15 is 0 Å². The second-order valence-electron chi connectivity index (χ2n) is 7.81. The number of rotatable bonds is 6. The Morgan fingerprint density at radius 3 is 2.52 bits per heavy atom. The zero-order valence-corrected chi connectivity index (χ0v) is 16.9. The van der Waals surface area contributed by atoms with E-state index in [1.807, 2.05) is 23.1 Å². The molecule has 2 aliphatic rings. The standard InChI is InChI=1S/C21H33N3O3/c1-22(2)9-6-17-7-10-24(11-8-17)21(25)18-4-5-20(26-3)19(16-18)23-12-14-27-15-13-23/h4-5,16-17H,6-15H2,1-3H3. The van der Waals surface area contributed by atoms with Crippen LogP contribution in [0.3, 0.4) is 0 Å². The maximum Gasteiger partial charge on any atom is 0.253 e. The van der Waals surface area contributed by atoms with Crippen LogP contribution < -0.4 is 9.64 Å². The number of nitrogens with zero attached hydrogens (tertiary/aromatic N) is 3. The van der Waals surface area contributed by atoms with Crippen LogP contribution in [0.1, 0.15) is 29.6 Å². The highest BCUT2D eigenvalue weighted by Crippen LogP contribution is 2.31. The molecule has 27 heavy (non-hydrogen) atoms. The number of anilines is 1. The fraction of sp³-hybridized carbons (Fsp3) is 0.667. The highest BCUT2D eigenvalue weighted by molar-refractivity contribution is 5.95. The summed E-state index contributed by atoms with van der Waals surface area (Å²) in [5.74, 6) is 1.69. The Morgan fingerprint density at radius 1 is 1.19 bits per heavy atom. The van der Waals surface area contributed by atoms with Crippen molar-refractivity contribution in [2.24, 2.45) is 5.92 Å². The Kier molecular flexibility index (Phi) is 6.96. The van der Waals surface area contributed by atoms with Crippen LogP contribution in [-0.2, 0) is 4.74 Å². The van der Waals surface area contributed by atoms with Crippen LogP contribution in [0.15, 0.2) is 18.2 Å². The van der Waals surface area contributed by atoms with E-state index in [0.29, 0.717) is 13.2 Å². The van der Waals surface area contributed by atoms with E-state index in [1.54, 1.807) is 7.11 Å². The van der Waals surface area contributed by atoms with Gasteiger partial charge in [-0.1, -0.05) is 0 Å². The van der Waals surface area contributed by atoms with Gasteiger partial charge in [-0.25, -0.2) is 0 Å². The molecule has 2 aliphatic heterocycles. The van der Waals surface area contributed by atoms with Gasteiger partial charge < -0.3 is 24.2 Å². The smallest absolute Gasteiger partial charge is 0.253 e. The molecule has 0 spiro atoms. The predicted octanol–water partition coefficient (Wildman–Crippen LogP) is 2.34. The zero-order valence-electron chi connectivity index (χ0n) is 16.9. The molecule has 0 N–H and O–H groups in total. The minimum absolute atomic E-state index is 0.137. The van der Waals surface area contributed by atoms with E-state index < -0.39 is 0 Å². The number of carbonyl (C=O) groups excluding carboxylic acids is 1. The van der Waals surface area contributed by atoms with E-state index in [1.165, 1.54) is 6.42 Å². The first-order chi connectivity index (χ1) is 13.1. The summed E-state index contributed by atoms with van der Waals surface area (Å²) < 4.78 is 11.0. The largest absolute Gasteiger partial charge is 0.495 e. The first-order valence-corrected chi connectivity index (χ1v) is 10.0. The number of morpholine rings is 1. The SMILES string of the molecule is COc1ccc(C(=O)N2CCC(CCN(C)C)CC2)cc1N1CCOCC1. The van der Waals surface area contributed by atoms with E-state index in [2.05, 4.69) is 23.9 Å². The number of carbonyl (C=O) groups is 1. The molecule has 3 rings (SSSR count). The Bertz CT molecular complexity index is 621. The van der Waals surface area contributed by atoms with Crippen LogP contribution in [0, 0.1) is 5.92 Å². The molecule has 6 nitrogen and oxygen atoms in total. The van der Waals surface area contributed by atoms with Gasteiger partial charge in [-0.3, -0.25) is 4.79 Å². The third-order valence-corrected chi connectivity index (χ3v) is 5.66. The lowest BCUT2D eigenvalue weighted by molar-refractivity contribution is 0.0683. The summed E-state index contributed by atoms with van der Waals surface area (Å²) in [5, 5.41) is 0. The maximum absolute atomic E-state index is 13.0. The van der Waals surface area contributed by atoms with Gasteiger partial charge in [-0.15, -0.1) is 0 Å². The average Bonchev–Trinajstić information content (AvgIpc) is 2.72. The molecule has 1 aromatic rings. The average molecular weight is 376 g/mol. The molecule has 6 heteroatoms. The van der Waals surface area contributed by atoms with Gasteiger partial charge in [0.15, 0.2) is 0 Å². The second-order valence-corrected chi connectivity index (χ2v) is 7.81. The molecule has 1 aromatic carbocycles. The van der Waals surface area contributed by atoms with Crippen LogP contribution in [0.2, 0.25) is 0 Å². The van der Waals surface area contributed by atoms with Crippen LogP contribution in [-0.4, -0.2) is 82.8 Å². The van der Waals surface area contributed by atoms with Crippen molar-refractivity contribution < 1.29 is 14.3 Å². The number of ether oxygens (including phenoxy) is 2. The first-order valence-electron chi connectivity index (χ1n) is 10.0. The number of likely N-dealkylation sites (tertiary alicyclic amines) is 1. The van der Waals surface area contributed by atoms with Crippen molar-refractivity contribution in [3.8, 4) is 5.75 Å². The number of amides is 1. The monoisotopic (exact) mass is 375 g/mol. The van der Waals surface area contributed by atoms with E-state index in [9.17, 15) is 4.79 Å². The van der Waals surface area contributed by atoms with Gasteiger partial charge in [-0.2, -0.15) is 0 Å². The van der Waals surface area contributed by atoms with Gasteiger partial charge in [0.25, 0.3) is 5.91 Å². The van der Waals surface area contributed by atoms with Gasteiger partial charge >= 0.3 is 0 Å². The van der Waals surface area contributed by atoms with Crippen molar-refractivity contribution in [2.75, 3.05) is 72.0 Å². The van der Waals surface area contributed by atoms with Crippen molar-refractivity contribution >= 4 is 11.6 Å². The predicted molar refractivity (Wildman–Crippen MR) is 108 cm³/mol. The minimum Gasteiger partial charge on any atom is -0.495 e. The molecule has 150 valence electrons. The summed E-state index contributed by atoms with van der Waals surface area (Å²) in [4.78, 5) is 19.5. The third kappa shape index (κ3) is 5.14. The fourth-order valence-electron chi connectivity index (χ4n) is 3.92. The normalized spacial score (nSPS) is 18.8. The summed E-state index contributed by atoms with van der Waals surface area (Å²) in [7, 11) is 5.92. The molecule has 2 saturated heterocycles. The zero-order chi connectivity index (χ0) is 19.2. The molecular weight excluding hydrogens is 342 g/mol. The Balaban J connectivity index is 1.64. The summed E-state index contributed by atoms with van der Waals surface area (Å²) in [5.41, 5.74) is 1.75. The number of methoxy groups -OCH3 is 1. The Labute approximate surface area is 163 Å². The van der Waals surface area contributed by atoms with Crippen molar-refractivity contribution in [3.05, 3.63) is 23.8 Å². The van der Waals surface area contributed by atoms with Gasteiger partial charge in [0.1, 0.15) is 5.75 Å². The quantitative estimate of drug-likeness (QED) is 0.764. The molecule has 0 radical (unpaired) electrons. The molecule has 0 bridgehead atoms. The maximum atomic E-state index is 13.0. The van der Waals surface area contributed by atoms with Crippen molar-refractivity contribution in [1.82, 2.24) is 9.80 Å². The fourth-order valence-corrected chi connectivity index (χ4v) is 3.92. The van der Waals surface area contributed by atoms with Crippen LogP contribution >= 0.6 is 0 Å². The molecule has 0 atom stereocenters. The molecule has 2 fully saturated rings. The molecule has 2 heterocycles. The first kappa shape index (κ1) is 20.0. The summed E-state index contributed by atoms with van der Waals surface area (Å²) in [6.45, 7) is 5.91. The number of hydrogen-bond donors (Lipinski definition) is 0. The van der Waals surface area contributed by atoms with Crippen molar-refractivity contribution in [3.63, 3.8) is 0 Å². The topological polar surface area (TPSA) is 45.2 Å². The minimum atomic E-state index is 0.137. The van der Waals surface area contributed by atoms with Crippen LogP contribution in [0.4, 0.5) is 5.69 Å². The lowest BCUT2D eigenvalue weighted by atomic mass is 9.93. The molecule has 0 aliphatic carbocycles. The number of piperidine rings is 1. The summed E-state index contributed by atoms with van der Waals surface area (Å²) in [6, 6.07) is 5.80. The molecule has 0 unspecified atom stereocenters. The highest BCUT2D eigenvalue weighted by atomic mass is 16.5. The van der Waals surface area contributed by atoms with Gasteiger partial charge in [0.05, 0.1) is 26.0 Å². The van der Waals surface area contributed by atoms with Crippen LogP contribution in [0.5, 0.6) is 5.75 Å². The van der Waals surface area contributed by atoms with Gasteiger partial charge in [0.2, 0.25) is 0 Å².